The van der Waals surface area contributed by atoms with Gasteiger partial charge in [0.1, 0.15) is 0 Å². The maximum absolute atomic E-state index is 14.4. The Kier molecular flexibility index (Phi) is 9.14. The van der Waals surface area contributed by atoms with Gasteiger partial charge in [0.15, 0.2) is 0 Å². The Hall–Kier alpha value is -2.27. The van der Waals surface area contributed by atoms with E-state index in [2.05, 4.69) is 0 Å². The molecule has 0 radical (unpaired) electrons. The number of aliphatic carboxylic acids is 1. The number of hydrogen-bond donors (Lipinski definition) is 1. The van der Waals surface area contributed by atoms with Crippen molar-refractivity contribution in [3.63, 3.8) is 0 Å². The monoisotopic (exact) mass is 616 g/mol. The molecule has 4 rings (SSSR count). The lowest BCUT2D eigenvalue weighted by Crippen LogP contribution is -2.59. The van der Waals surface area contributed by atoms with Crippen molar-refractivity contribution in [2.45, 2.75) is 64.1 Å². The lowest BCUT2D eigenvalue weighted by Gasteiger charge is -2.52. The van der Waals surface area contributed by atoms with Crippen LogP contribution in [0.1, 0.15) is 62.6 Å². The molecule has 0 bridgehead atoms. The van der Waals surface area contributed by atoms with Gasteiger partial charge in [-0.2, -0.15) is 8.78 Å². The fraction of sp³-hybridized carbons (Fsp3) is 0.500. The van der Waals surface area contributed by atoms with Crippen LogP contribution < -0.4 is 0 Å². The van der Waals surface area contributed by atoms with E-state index in [9.17, 15) is 31.9 Å². The average Bonchev–Trinajstić information content (AvgIpc) is 3.72. The fourth-order valence-electron chi connectivity index (χ4n) is 5.85. The quantitative estimate of drug-likeness (QED) is 0.304. The molecular weight excluding hydrogens is 585 g/mol. The molecule has 4 atom stereocenters. The third kappa shape index (κ3) is 6.45. The maximum atomic E-state index is 14.4. The van der Waals surface area contributed by atoms with Gasteiger partial charge in [0.2, 0.25) is 15.9 Å². The summed E-state index contributed by atoms with van der Waals surface area (Å²) in [5, 5.41) is 10.7. The Morgan fingerprint density at radius 1 is 1.12 bits per heavy atom. The lowest BCUT2D eigenvalue weighted by atomic mass is 9.67. The van der Waals surface area contributed by atoms with Crippen molar-refractivity contribution < 1.29 is 31.9 Å². The first-order valence-electron chi connectivity index (χ1n) is 13.1. The molecule has 0 unspecified atom stereocenters. The first kappa shape index (κ1) is 30.7. The summed E-state index contributed by atoms with van der Waals surface area (Å²) >= 11 is 12.5. The van der Waals surface area contributed by atoms with E-state index in [-0.39, 0.29) is 16.6 Å². The number of benzene rings is 2. The first-order valence-corrected chi connectivity index (χ1v) is 15.5. The zero-order chi connectivity index (χ0) is 29.4. The number of likely N-dealkylation sites (tertiary alicyclic amines) is 1. The molecule has 1 aliphatic carbocycles. The van der Waals surface area contributed by atoms with Gasteiger partial charge in [0.25, 0.3) is 0 Å². The number of amides is 1. The molecule has 1 saturated carbocycles. The Morgan fingerprint density at radius 2 is 1.77 bits per heavy atom. The van der Waals surface area contributed by atoms with Crippen LogP contribution in [0.25, 0.3) is 0 Å². The molecule has 12 heteroatoms. The predicted molar refractivity (Wildman–Crippen MR) is 149 cm³/mol. The Labute approximate surface area is 243 Å². The highest BCUT2D eigenvalue weighted by Crippen LogP contribution is 2.54. The van der Waals surface area contributed by atoms with Crippen molar-refractivity contribution in [3.05, 3.63) is 69.7 Å². The SMILES string of the molecule is CCS(=O)(=O)N(C[C@H](C1CC1)N1C(=O)[C@](C)(CC(=O)O)C[C@H](c2cccc(Cl)c2)[C@H]1c1ccc(Cl)cc1)C(F)F. The number of hydrogen-bond acceptors (Lipinski definition) is 4. The minimum absolute atomic E-state index is 0.158. The number of carboxylic acid groups (broad SMARTS) is 1. The van der Waals surface area contributed by atoms with Crippen LogP contribution in [-0.4, -0.2) is 59.5 Å². The molecule has 1 N–H and O–H groups in total. The molecular formula is C28H32Cl2F2N2O5S. The normalized spacial score (nSPS) is 24.5. The van der Waals surface area contributed by atoms with Crippen molar-refractivity contribution in [2.24, 2.45) is 11.3 Å². The third-order valence-corrected chi connectivity index (χ3v) is 10.2. The molecule has 1 saturated heterocycles. The second-order valence-corrected chi connectivity index (χ2v) is 13.9. The number of sulfonamides is 1. The molecule has 1 amide bonds. The van der Waals surface area contributed by atoms with E-state index in [1.807, 2.05) is 6.07 Å². The number of rotatable bonds is 11. The fourth-order valence-corrected chi connectivity index (χ4v) is 7.13. The van der Waals surface area contributed by atoms with Gasteiger partial charge in [-0.1, -0.05) is 54.4 Å². The molecule has 2 aliphatic rings. The zero-order valence-corrected chi connectivity index (χ0v) is 24.5. The van der Waals surface area contributed by atoms with Crippen molar-refractivity contribution in [1.29, 1.82) is 0 Å². The van der Waals surface area contributed by atoms with E-state index < -0.39 is 70.6 Å². The number of piperidine rings is 1. The van der Waals surface area contributed by atoms with Crippen LogP contribution in [0.4, 0.5) is 8.78 Å². The predicted octanol–water partition coefficient (Wildman–Crippen LogP) is 6.18. The van der Waals surface area contributed by atoms with Crippen molar-refractivity contribution in [3.8, 4) is 0 Å². The van der Waals surface area contributed by atoms with Crippen molar-refractivity contribution in [2.75, 3.05) is 12.3 Å². The summed E-state index contributed by atoms with van der Waals surface area (Å²) in [5.74, 6) is -2.89. The largest absolute Gasteiger partial charge is 0.481 e. The molecule has 0 spiro atoms. The highest BCUT2D eigenvalue weighted by atomic mass is 35.5. The van der Waals surface area contributed by atoms with E-state index in [0.29, 0.717) is 28.5 Å². The van der Waals surface area contributed by atoms with E-state index in [1.54, 1.807) is 49.4 Å². The smallest absolute Gasteiger partial charge is 0.307 e. The highest BCUT2D eigenvalue weighted by Gasteiger charge is 2.55. The van der Waals surface area contributed by atoms with Crippen LogP contribution in [0.15, 0.2) is 48.5 Å². The number of carboxylic acids is 1. The van der Waals surface area contributed by atoms with Gasteiger partial charge in [0, 0.05) is 28.5 Å². The summed E-state index contributed by atoms with van der Waals surface area (Å²) in [5.41, 5.74) is 0.0458. The number of halogens is 4. The number of carbonyl (C=O) groups is 2. The maximum Gasteiger partial charge on any atom is 0.307 e. The van der Waals surface area contributed by atoms with E-state index in [4.69, 9.17) is 23.2 Å². The van der Waals surface area contributed by atoms with E-state index in [0.717, 1.165) is 5.56 Å². The lowest BCUT2D eigenvalue weighted by molar-refractivity contribution is -0.162. The highest BCUT2D eigenvalue weighted by molar-refractivity contribution is 7.89. The van der Waals surface area contributed by atoms with Gasteiger partial charge < -0.3 is 10.0 Å². The van der Waals surface area contributed by atoms with Crippen LogP contribution in [0, 0.1) is 11.3 Å². The van der Waals surface area contributed by atoms with Crippen LogP contribution in [0.2, 0.25) is 10.0 Å². The van der Waals surface area contributed by atoms with Gasteiger partial charge in [-0.25, -0.2) is 8.42 Å². The summed E-state index contributed by atoms with van der Waals surface area (Å²) < 4.78 is 54.0. The Morgan fingerprint density at radius 3 is 2.30 bits per heavy atom. The van der Waals surface area contributed by atoms with Gasteiger partial charge in [-0.05, 0) is 67.5 Å². The summed E-state index contributed by atoms with van der Waals surface area (Å²) in [7, 11) is -4.31. The third-order valence-electron chi connectivity index (χ3n) is 7.96. The second-order valence-electron chi connectivity index (χ2n) is 10.9. The van der Waals surface area contributed by atoms with Crippen molar-refractivity contribution in [1.82, 2.24) is 9.21 Å². The Balaban J connectivity index is 1.93. The summed E-state index contributed by atoms with van der Waals surface area (Å²) in [6.45, 7) is -1.03. The van der Waals surface area contributed by atoms with Gasteiger partial charge in [-0.15, -0.1) is 4.31 Å². The summed E-state index contributed by atoms with van der Waals surface area (Å²) in [4.78, 5) is 27.8. The Bertz CT molecular complexity index is 1360. The summed E-state index contributed by atoms with van der Waals surface area (Å²) in [6, 6.07) is 12.3. The second kappa shape index (κ2) is 11.9. The van der Waals surface area contributed by atoms with Gasteiger partial charge in [0.05, 0.1) is 23.6 Å². The first-order chi connectivity index (χ1) is 18.8. The molecule has 218 valence electrons. The summed E-state index contributed by atoms with van der Waals surface area (Å²) in [6.07, 6.45) is 0.937. The van der Waals surface area contributed by atoms with E-state index >= 15 is 0 Å². The molecule has 7 nitrogen and oxygen atoms in total. The molecule has 1 heterocycles. The van der Waals surface area contributed by atoms with Gasteiger partial charge >= 0.3 is 12.5 Å². The van der Waals surface area contributed by atoms with Crippen molar-refractivity contribution >= 4 is 45.1 Å². The minimum Gasteiger partial charge on any atom is -0.481 e. The minimum atomic E-state index is -4.31. The number of alkyl halides is 2. The molecule has 2 fully saturated rings. The molecule has 2 aromatic rings. The molecule has 1 aliphatic heterocycles. The number of carbonyl (C=O) groups excluding carboxylic acids is 1. The van der Waals surface area contributed by atoms with Crippen LogP contribution in [0.3, 0.4) is 0 Å². The molecule has 0 aromatic heterocycles. The van der Waals surface area contributed by atoms with E-state index in [1.165, 1.54) is 11.8 Å². The zero-order valence-electron chi connectivity index (χ0n) is 22.1. The van der Waals surface area contributed by atoms with Gasteiger partial charge in [-0.3, -0.25) is 9.59 Å². The van der Waals surface area contributed by atoms with Crippen LogP contribution in [-0.2, 0) is 19.6 Å². The number of nitrogens with zero attached hydrogens (tertiary/aromatic N) is 2. The average molecular weight is 618 g/mol. The van der Waals surface area contributed by atoms with Crippen LogP contribution >= 0.6 is 23.2 Å². The standard InChI is InChI=1S/C28H32Cl2F2N2O5S/c1-3-40(38,39)33(27(31)32)16-23(17-7-8-17)34-25(18-9-11-20(29)12-10-18)22(19-5-4-6-21(30)13-19)14-28(2,26(34)37)15-24(35)36/h4-6,9-13,17,22-23,25,27H,3,7-8,14-16H2,1-2H3,(H,35,36)/t22-,23-,25-,28+/m1/s1. The topological polar surface area (TPSA) is 95.0 Å². The molecule has 40 heavy (non-hydrogen) atoms. The van der Waals surface area contributed by atoms with Crippen LogP contribution in [0.5, 0.6) is 0 Å². The molecule has 2 aromatic carbocycles.